The van der Waals surface area contributed by atoms with Crippen molar-refractivity contribution in [3.05, 3.63) is 35.2 Å². The van der Waals surface area contributed by atoms with E-state index in [-0.39, 0.29) is 0 Å². The molecule has 2 N–H and O–H groups in total. The summed E-state index contributed by atoms with van der Waals surface area (Å²) < 4.78 is 1.64. The lowest BCUT2D eigenvalue weighted by molar-refractivity contribution is 0.833. The van der Waals surface area contributed by atoms with E-state index < -0.39 is 0 Å². The quantitative estimate of drug-likeness (QED) is 0.728. The Morgan fingerprint density at radius 3 is 2.79 bits per heavy atom. The Bertz CT molecular complexity index is 443. The number of hydrogen-bond acceptors (Lipinski definition) is 3. The lowest BCUT2D eigenvalue weighted by Gasteiger charge is -2.02. The van der Waals surface area contributed by atoms with Crippen LogP contribution >= 0.6 is 11.6 Å². The third kappa shape index (κ3) is 1.70. The van der Waals surface area contributed by atoms with Crippen LogP contribution in [0.4, 0.5) is 5.69 Å². The van der Waals surface area contributed by atoms with Crippen molar-refractivity contribution in [3.63, 3.8) is 0 Å². The molecule has 2 aromatic heterocycles. The highest BCUT2D eigenvalue weighted by atomic mass is 35.5. The molecule has 0 spiro atoms. The number of aryl methyl sites for hydroxylation is 1. The normalized spacial score (nSPS) is 10.4. The van der Waals surface area contributed by atoms with Gasteiger partial charge in [-0.05, 0) is 19.1 Å². The van der Waals surface area contributed by atoms with Crippen molar-refractivity contribution in [1.29, 1.82) is 0 Å². The fraction of sp³-hybridized carbons (Fsp3) is 0.111. The monoisotopic (exact) mass is 208 g/mol. The molecule has 0 aliphatic carbocycles. The van der Waals surface area contributed by atoms with Crippen LogP contribution in [0.2, 0.25) is 5.15 Å². The molecular formula is C9H9ClN4. The molecule has 5 heteroatoms. The third-order valence-electron chi connectivity index (χ3n) is 1.76. The second-order valence-corrected chi connectivity index (χ2v) is 3.37. The van der Waals surface area contributed by atoms with E-state index in [2.05, 4.69) is 10.1 Å². The summed E-state index contributed by atoms with van der Waals surface area (Å²) in [6.07, 6.45) is 1.81. The summed E-state index contributed by atoms with van der Waals surface area (Å²) in [6.45, 7) is 1.91. The van der Waals surface area contributed by atoms with E-state index in [9.17, 15) is 0 Å². The second kappa shape index (κ2) is 3.31. The maximum Gasteiger partial charge on any atom is 0.157 e. The highest BCUT2D eigenvalue weighted by Gasteiger charge is 2.02. The zero-order valence-corrected chi connectivity index (χ0v) is 8.36. The van der Waals surface area contributed by atoms with Crippen LogP contribution in [0.3, 0.4) is 0 Å². The number of nitrogens with two attached hydrogens (primary N) is 1. The van der Waals surface area contributed by atoms with Gasteiger partial charge in [0.25, 0.3) is 0 Å². The number of rotatable bonds is 1. The Labute approximate surface area is 86.3 Å². The topological polar surface area (TPSA) is 56.7 Å². The Morgan fingerprint density at radius 2 is 2.21 bits per heavy atom. The third-order valence-corrected chi connectivity index (χ3v) is 1.95. The van der Waals surface area contributed by atoms with Crippen molar-refractivity contribution < 1.29 is 0 Å². The average molecular weight is 209 g/mol. The van der Waals surface area contributed by atoms with Gasteiger partial charge in [0.05, 0.1) is 5.69 Å². The summed E-state index contributed by atoms with van der Waals surface area (Å²) in [5.74, 6) is 0.628. The number of hydrogen-bond donors (Lipinski definition) is 1. The Kier molecular flexibility index (Phi) is 2.13. The van der Waals surface area contributed by atoms with E-state index in [1.165, 1.54) is 0 Å². The van der Waals surface area contributed by atoms with Crippen molar-refractivity contribution in [2.45, 2.75) is 6.92 Å². The molecule has 0 bridgehead atoms. The Hall–Kier alpha value is -1.55. The second-order valence-electron chi connectivity index (χ2n) is 2.98. The molecule has 14 heavy (non-hydrogen) atoms. The van der Waals surface area contributed by atoms with E-state index in [1.54, 1.807) is 16.8 Å². The fourth-order valence-electron chi connectivity index (χ4n) is 1.16. The fourth-order valence-corrected chi connectivity index (χ4v) is 1.37. The van der Waals surface area contributed by atoms with Gasteiger partial charge >= 0.3 is 0 Å². The predicted octanol–water partition coefficient (Wildman–Crippen LogP) is 1.81. The van der Waals surface area contributed by atoms with Gasteiger partial charge in [-0.2, -0.15) is 5.10 Å². The lowest BCUT2D eigenvalue weighted by Crippen LogP contribution is -2.00. The summed E-state index contributed by atoms with van der Waals surface area (Å²) in [4.78, 5) is 4.10. The minimum atomic E-state index is 0.369. The molecule has 0 atom stereocenters. The molecule has 2 rings (SSSR count). The van der Waals surface area contributed by atoms with E-state index in [0.717, 1.165) is 5.69 Å². The maximum atomic E-state index is 5.77. The van der Waals surface area contributed by atoms with Crippen molar-refractivity contribution in [1.82, 2.24) is 14.8 Å². The summed E-state index contributed by atoms with van der Waals surface area (Å²) in [5.41, 5.74) is 7.14. The first kappa shape index (κ1) is 9.02. The van der Waals surface area contributed by atoms with E-state index in [1.807, 2.05) is 19.2 Å². The minimum Gasteiger partial charge on any atom is -0.399 e. The number of pyridine rings is 1. The highest BCUT2D eigenvalue weighted by molar-refractivity contribution is 6.29. The van der Waals surface area contributed by atoms with Gasteiger partial charge in [-0.1, -0.05) is 11.6 Å². The maximum absolute atomic E-state index is 5.77. The van der Waals surface area contributed by atoms with Crippen LogP contribution in [-0.2, 0) is 0 Å². The van der Waals surface area contributed by atoms with Crippen LogP contribution in [0.25, 0.3) is 5.82 Å². The summed E-state index contributed by atoms with van der Waals surface area (Å²) in [7, 11) is 0. The summed E-state index contributed by atoms with van der Waals surface area (Å²) >= 11 is 5.77. The van der Waals surface area contributed by atoms with Crippen LogP contribution < -0.4 is 5.73 Å². The van der Waals surface area contributed by atoms with E-state index >= 15 is 0 Å². The number of nitrogen functional groups attached to an aromatic ring is 1. The average Bonchev–Trinajstić information content (AvgIpc) is 2.50. The molecule has 72 valence electrons. The van der Waals surface area contributed by atoms with Gasteiger partial charge in [-0.3, -0.25) is 0 Å². The molecule has 0 amide bonds. The van der Waals surface area contributed by atoms with Gasteiger partial charge in [-0.25, -0.2) is 9.67 Å². The molecule has 0 radical (unpaired) electrons. The molecule has 0 aliphatic rings. The minimum absolute atomic E-state index is 0.369. The predicted molar refractivity (Wildman–Crippen MR) is 55.5 cm³/mol. The first-order valence-corrected chi connectivity index (χ1v) is 4.48. The smallest absolute Gasteiger partial charge is 0.157 e. The molecule has 2 aromatic rings. The number of aromatic nitrogens is 3. The van der Waals surface area contributed by atoms with Crippen molar-refractivity contribution in [2.24, 2.45) is 0 Å². The molecule has 0 fully saturated rings. The van der Waals surface area contributed by atoms with Crippen molar-refractivity contribution in [3.8, 4) is 5.82 Å². The van der Waals surface area contributed by atoms with Crippen molar-refractivity contribution in [2.75, 3.05) is 5.73 Å². The molecule has 2 heterocycles. The van der Waals surface area contributed by atoms with Gasteiger partial charge in [0, 0.05) is 18.0 Å². The molecule has 0 aliphatic heterocycles. The van der Waals surface area contributed by atoms with Crippen molar-refractivity contribution >= 4 is 17.3 Å². The van der Waals surface area contributed by atoms with Gasteiger partial charge in [0.15, 0.2) is 5.82 Å². The SMILES string of the molecule is Cc1ccn(-c2cc(N)cc(Cl)n2)n1. The number of anilines is 1. The molecule has 4 nitrogen and oxygen atoms in total. The van der Waals surface area contributed by atoms with Crippen LogP contribution in [0.5, 0.6) is 0 Å². The van der Waals surface area contributed by atoms with Crippen LogP contribution in [0, 0.1) is 6.92 Å². The largest absolute Gasteiger partial charge is 0.399 e. The van der Waals surface area contributed by atoms with Crippen LogP contribution in [-0.4, -0.2) is 14.8 Å². The molecule has 0 aromatic carbocycles. The Morgan fingerprint density at radius 1 is 1.43 bits per heavy atom. The standard InChI is InChI=1S/C9H9ClN4/c1-6-2-3-14(13-6)9-5-7(11)4-8(10)12-9/h2-5H,1H3,(H2,11,12). The van der Waals surface area contributed by atoms with Gasteiger partial charge < -0.3 is 5.73 Å². The Balaban J connectivity index is 2.51. The highest BCUT2D eigenvalue weighted by Crippen LogP contribution is 2.14. The van der Waals surface area contributed by atoms with Gasteiger partial charge in [-0.15, -0.1) is 0 Å². The number of halogens is 1. The number of nitrogens with zero attached hydrogens (tertiary/aromatic N) is 3. The zero-order chi connectivity index (χ0) is 10.1. The first-order valence-electron chi connectivity index (χ1n) is 4.11. The lowest BCUT2D eigenvalue weighted by atomic mass is 10.4. The molecule has 0 unspecified atom stereocenters. The molecule has 0 saturated carbocycles. The van der Waals surface area contributed by atoms with E-state index in [0.29, 0.717) is 16.7 Å². The summed E-state index contributed by atoms with van der Waals surface area (Å²) in [6, 6.07) is 5.21. The summed E-state index contributed by atoms with van der Waals surface area (Å²) in [5, 5.41) is 4.57. The van der Waals surface area contributed by atoms with Crippen LogP contribution in [0.15, 0.2) is 24.4 Å². The zero-order valence-electron chi connectivity index (χ0n) is 7.61. The first-order chi connectivity index (χ1) is 6.65. The molecule has 0 saturated heterocycles. The van der Waals surface area contributed by atoms with Crippen LogP contribution in [0.1, 0.15) is 5.69 Å². The van der Waals surface area contributed by atoms with E-state index in [4.69, 9.17) is 17.3 Å². The van der Waals surface area contributed by atoms with Gasteiger partial charge in [0.2, 0.25) is 0 Å². The molecular weight excluding hydrogens is 200 g/mol. The van der Waals surface area contributed by atoms with Gasteiger partial charge in [0.1, 0.15) is 5.15 Å².